The molecule has 0 saturated heterocycles. The van der Waals surface area contributed by atoms with Gasteiger partial charge in [0, 0.05) is 12.3 Å². The van der Waals surface area contributed by atoms with Gasteiger partial charge in [0.05, 0.1) is 11.9 Å². The first-order chi connectivity index (χ1) is 13.6. The van der Waals surface area contributed by atoms with Crippen LogP contribution < -0.4 is 5.56 Å². The molecule has 4 rings (SSSR count). The van der Waals surface area contributed by atoms with Crippen LogP contribution in [0.2, 0.25) is 0 Å². The molecule has 4 aromatic rings. The lowest BCUT2D eigenvalue weighted by Crippen LogP contribution is -2.22. The standard InChI is InChI=1S/C21H19FN4OS/c1-3-25-19-17(12-23-25)20(27)26(18-10-5-4-7-14(18)2)21(24-19)28-13-15-8-6-9-16(22)11-15/h4-12H,3,13H2,1-2H3. The number of hydrogen-bond donors (Lipinski definition) is 0. The number of aromatic nitrogens is 4. The van der Waals surface area contributed by atoms with Crippen molar-refractivity contribution in [2.45, 2.75) is 31.3 Å². The summed E-state index contributed by atoms with van der Waals surface area (Å²) in [4.78, 5) is 18.0. The minimum atomic E-state index is -0.276. The van der Waals surface area contributed by atoms with Gasteiger partial charge in [-0.15, -0.1) is 0 Å². The van der Waals surface area contributed by atoms with Crippen LogP contribution in [0.3, 0.4) is 0 Å². The monoisotopic (exact) mass is 394 g/mol. The maximum absolute atomic E-state index is 13.5. The number of halogens is 1. The summed E-state index contributed by atoms with van der Waals surface area (Å²) in [7, 11) is 0. The van der Waals surface area contributed by atoms with Gasteiger partial charge in [-0.3, -0.25) is 9.36 Å². The summed E-state index contributed by atoms with van der Waals surface area (Å²) < 4.78 is 16.9. The Bertz CT molecular complexity index is 1210. The molecule has 0 saturated carbocycles. The summed E-state index contributed by atoms with van der Waals surface area (Å²) >= 11 is 1.41. The molecule has 0 N–H and O–H groups in total. The van der Waals surface area contributed by atoms with E-state index >= 15 is 0 Å². The minimum absolute atomic E-state index is 0.152. The van der Waals surface area contributed by atoms with E-state index in [4.69, 9.17) is 4.98 Å². The van der Waals surface area contributed by atoms with Crippen molar-refractivity contribution >= 4 is 22.8 Å². The van der Waals surface area contributed by atoms with E-state index in [0.29, 0.717) is 28.5 Å². The number of aryl methyl sites for hydroxylation is 2. The Hall–Kier alpha value is -2.93. The Morgan fingerprint density at radius 3 is 2.71 bits per heavy atom. The SMILES string of the molecule is CCn1ncc2c(=O)n(-c3ccccc3C)c(SCc3cccc(F)c3)nc21. The number of fused-ring (bicyclic) bond motifs is 1. The van der Waals surface area contributed by atoms with Gasteiger partial charge in [-0.1, -0.05) is 42.1 Å². The molecule has 0 aliphatic rings. The lowest BCUT2D eigenvalue weighted by Gasteiger charge is -2.14. The fourth-order valence-electron chi connectivity index (χ4n) is 3.13. The molecule has 142 valence electrons. The van der Waals surface area contributed by atoms with Crippen molar-refractivity contribution in [3.8, 4) is 5.69 Å². The molecule has 7 heteroatoms. The molecule has 0 amide bonds. The highest BCUT2D eigenvalue weighted by Crippen LogP contribution is 2.26. The predicted octanol–water partition coefficient (Wildman–Crippen LogP) is 4.34. The Kier molecular flexibility index (Phi) is 5.00. The molecule has 0 aliphatic heterocycles. The van der Waals surface area contributed by atoms with Gasteiger partial charge in [-0.2, -0.15) is 5.10 Å². The molecule has 0 fully saturated rings. The molecule has 0 aliphatic carbocycles. The number of thioether (sulfide) groups is 1. The maximum atomic E-state index is 13.5. The van der Waals surface area contributed by atoms with E-state index in [1.165, 1.54) is 23.9 Å². The summed E-state index contributed by atoms with van der Waals surface area (Å²) in [6.45, 7) is 4.54. The summed E-state index contributed by atoms with van der Waals surface area (Å²) in [5, 5.41) is 5.33. The summed E-state index contributed by atoms with van der Waals surface area (Å²) in [5.41, 5.74) is 3.01. The Balaban J connectivity index is 1.88. The van der Waals surface area contributed by atoms with Gasteiger partial charge >= 0.3 is 0 Å². The van der Waals surface area contributed by atoms with E-state index in [1.807, 2.05) is 44.2 Å². The normalized spacial score (nSPS) is 11.2. The molecule has 0 radical (unpaired) electrons. The fraction of sp³-hybridized carbons (Fsp3) is 0.190. The number of hydrogen-bond acceptors (Lipinski definition) is 4. The van der Waals surface area contributed by atoms with Gasteiger partial charge in [-0.05, 0) is 43.2 Å². The first-order valence-electron chi connectivity index (χ1n) is 9.00. The summed E-state index contributed by atoms with van der Waals surface area (Å²) in [6, 6.07) is 14.2. The van der Waals surface area contributed by atoms with Crippen molar-refractivity contribution in [3.05, 3.63) is 82.0 Å². The van der Waals surface area contributed by atoms with Crippen LogP contribution in [0, 0.1) is 12.7 Å². The van der Waals surface area contributed by atoms with Gasteiger partial charge in [0.1, 0.15) is 11.2 Å². The second-order valence-electron chi connectivity index (χ2n) is 6.44. The fourth-order valence-corrected chi connectivity index (χ4v) is 4.06. The quantitative estimate of drug-likeness (QED) is 0.373. The van der Waals surface area contributed by atoms with Crippen molar-refractivity contribution in [2.75, 3.05) is 0 Å². The van der Waals surface area contributed by atoms with E-state index < -0.39 is 0 Å². The molecular formula is C21H19FN4OS. The highest BCUT2D eigenvalue weighted by atomic mass is 32.2. The number of benzene rings is 2. The molecule has 0 atom stereocenters. The number of para-hydroxylation sites is 1. The third-order valence-electron chi connectivity index (χ3n) is 4.55. The molecule has 0 spiro atoms. The van der Waals surface area contributed by atoms with Crippen molar-refractivity contribution in [2.24, 2.45) is 0 Å². The zero-order valence-electron chi connectivity index (χ0n) is 15.6. The van der Waals surface area contributed by atoms with Gasteiger partial charge in [0.25, 0.3) is 5.56 Å². The van der Waals surface area contributed by atoms with Crippen molar-refractivity contribution in [1.29, 1.82) is 0 Å². The number of nitrogens with zero attached hydrogens (tertiary/aromatic N) is 4. The van der Waals surface area contributed by atoms with Gasteiger partial charge in [0.2, 0.25) is 0 Å². The highest BCUT2D eigenvalue weighted by molar-refractivity contribution is 7.98. The van der Waals surface area contributed by atoms with Crippen LogP contribution >= 0.6 is 11.8 Å². The average Bonchev–Trinajstić information content (AvgIpc) is 3.11. The van der Waals surface area contributed by atoms with Crippen molar-refractivity contribution < 1.29 is 4.39 Å². The molecule has 0 unspecified atom stereocenters. The highest BCUT2D eigenvalue weighted by Gasteiger charge is 2.17. The lowest BCUT2D eigenvalue weighted by molar-refractivity contribution is 0.626. The largest absolute Gasteiger partial charge is 0.269 e. The second-order valence-corrected chi connectivity index (χ2v) is 7.38. The minimum Gasteiger partial charge on any atom is -0.268 e. The topological polar surface area (TPSA) is 52.7 Å². The summed E-state index contributed by atoms with van der Waals surface area (Å²) in [6.07, 6.45) is 1.57. The van der Waals surface area contributed by atoms with Gasteiger partial charge in [-0.25, -0.2) is 14.1 Å². The Morgan fingerprint density at radius 1 is 1.14 bits per heavy atom. The van der Waals surface area contributed by atoms with Crippen molar-refractivity contribution in [1.82, 2.24) is 19.3 Å². The molecular weight excluding hydrogens is 375 g/mol. The van der Waals surface area contributed by atoms with Crippen LogP contribution in [0.5, 0.6) is 0 Å². The third-order valence-corrected chi connectivity index (χ3v) is 5.56. The van der Waals surface area contributed by atoms with Crippen LogP contribution in [0.15, 0.2) is 64.7 Å². The molecule has 28 heavy (non-hydrogen) atoms. The smallest absolute Gasteiger partial charge is 0.268 e. The van der Waals surface area contributed by atoms with Crippen LogP contribution in [0.1, 0.15) is 18.1 Å². The van der Waals surface area contributed by atoms with Crippen LogP contribution in [-0.2, 0) is 12.3 Å². The molecule has 2 aromatic heterocycles. The Morgan fingerprint density at radius 2 is 1.96 bits per heavy atom. The van der Waals surface area contributed by atoms with E-state index in [1.54, 1.807) is 21.5 Å². The van der Waals surface area contributed by atoms with E-state index in [0.717, 1.165) is 16.8 Å². The molecule has 0 bridgehead atoms. The third kappa shape index (κ3) is 3.33. The number of rotatable bonds is 5. The summed E-state index contributed by atoms with van der Waals surface area (Å²) in [5.74, 6) is 0.226. The van der Waals surface area contributed by atoms with Gasteiger partial charge < -0.3 is 0 Å². The average molecular weight is 394 g/mol. The first kappa shape index (κ1) is 18.4. The Labute approximate surface area is 165 Å². The van der Waals surface area contributed by atoms with Crippen LogP contribution in [0.25, 0.3) is 16.7 Å². The van der Waals surface area contributed by atoms with E-state index in [9.17, 15) is 9.18 Å². The molecule has 2 aromatic carbocycles. The second kappa shape index (κ2) is 7.59. The predicted molar refractivity (Wildman–Crippen MR) is 109 cm³/mol. The lowest BCUT2D eigenvalue weighted by atomic mass is 10.2. The maximum Gasteiger partial charge on any atom is 0.269 e. The zero-order valence-corrected chi connectivity index (χ0v) is 16.4. The molecule has 2 heterocycles. The van der Waals surface area contributed by atoms with Crippen molar-refractivity contribution in [3.63, 3.8) is 0 Å². The van der Waals surface area contributed by atoms with Gasteiger partial charge in [0.15, 0.2) is 10.8 Å². The zero-order chi connectivity index (χ0) is 19.7. The van der Waals surface area contributed by atoms with E-state index in [-0.39, 0.29) is 11.4 Å². The first-order valence-corrected chi connectivity index (χ1v) is 9.99. The van der Waals surface area contributed by atoms with E-state index in [2.05, 4.69) is 5.10 Å². The van der Waals surface area contributed by atoms with Crippen LogP contribution in [0.4, 0.5) is 4.39 Å². The molecule has 5 nitrogen and oxygen atoms in total. The van der Waals surface area contributed by atoms with Crippen LogP contribution in [-0.4, -0.2) is 19.3 Å².